The Kier molecular flexibility index (Phi) is 2.63. The zero-order chi connectivity index (χ0) is 12.7. The van der Waals surface area contributed by atoms with E-state index in [1.54, 1.807) is 11.3 Å². The summed E-state index contributed by atoms with van der Waals surface area (Å²) in [6, 6.07) is 2.50. The van der Waals surface area contributed by atoms with E-state index in [1.165, 1.54) is 6.42 Å². The van der Waals surface area contributed by atoms with Gasteiger partial charge in [-0.05, 0) is 12.5 Å². The van der Waals surface area contributed by atoms with Crippen molar-refractivity contribution in [3.63, 3.8) is 0 Å². The molecule has 0 bridgehead atoms. The molecule has 0 saturated carbocycles. The molecule has 1 aliphatic rings. The second-order valence-electron chi connectivity index (χ2n) is 4.99. The van der Waals surface area contributed by atoms with Crippen LogP contribution < -0.4 is 0 Å². The highest BCUT2D eigenvalue weighted by molar-refractivity contribution is 7.15. The first-order valence-electron chi connectivity index (χ1n) is 6.51. The zero-order valence-electron chi connectivity index (χ0n) is 10.5. The highest BCUT2D eigenvalue weighted by Crippen LogP contribution is 2.22. The molecule has 0 radical (unpaired) electrons. The maximum absolute atomic E-state index is 4.64. The Morgan fingerprint density at radius 2 is 2.37 bits per heavy atom. The lowest BCUT2D eigenvalue weighted by Crippen LogP contribution is -2.21. The number of thiazole rings is 1. The summed E-state index contributed by atoms with van der Waals surface area (Å²) < 4.78 is 4.17. The van der Waals surface area contributed by atoms with Gasteiger partial charge in [0, 0.05) is 49.8 Å². The second-order valence-corrected chi connectivity index (χ2v) is 5.86. The van der Waals surface area contributed by atoms with Gasteiger partial charge in [0.15, 0.2) is 4.96 Å². The van der Waals surface area contributed by atoms with Gasteiger partial charge in [0.2, 0.25) is 0 Å². The molecule has 0 aliphatic carbocycles. The number of likely N-dealkylation sites (tertiary alicyclic amines) is 1. The lowest BCUT2D eigenvalue weighted by Gasteiger charge is -2.14. The number of hydrogen-bond donors (Lipinski definition) is 0. The Bertz CT molecular complexity index is 640. The van der Waals surface area contributed by atoms with Gasteiger partial charge >= 0.3 is 0 Å². The highest BCUT2D eigenvalue weighted by Gasteiger charge is 2.24. The summed E-state index contributed by atoms with van der Waals surface area (Å²) in [7, 11) is 0. The molecule has 6 heteroatoms. The molecule has 1 unspecified atom stereocenters. The Morgan fingerprint density at radius 1 is 1.37 bits per heavy atom. The predicted octanol–water partition coefficient (Wildman–Crippen LogP) is 2.04. The molecule has 1 fully saturated rings. The molecule has 19 heavy (non-hydrogen) atoms. The third kappa shape index (κ3) is 2.06. The fraction of sp³-hybridized carbons (Fsp3) is 0.385. The number of fused-ring (bicyclic) bond motifs is 1. The lowest BCUT2D eigenvalue weighted by atomic mass is 10.3. The average molecular weight is 273 g/mol. The van der Waals surface area contributed by atoms with Crippen LogP contribution in [-0.4, -0.2) is 37.2 Å². The third-order valence-electron chi connectivity index (χ3n) is 3.68. The number of rotatable bonds is 3. The minimum absolute atomic E-state index is 0.513. The van der Waals surface area contributed by atoms with Gasteiger partial charge < -0.3 is 0 Å². The highest BCUT2D eigenvalue weighted by atomic mass is 32.1. The quantitative estimate of drug-likeness (QED) is 0.733. The largest absolute Gasteiger partial charge is 0.297 e. The molecule has 98 valence electrons. The molecule has 4 heterocycles. The maximum atomic E-state index is 4.64. The molecule has 5 nitrogen and oxygen atoms in total. The van der Waals surface area contributed by atoms with E-state index < -0.39 is 0 Å². The van der Waals surface area contributed by atoms with E-state index in [4.69, 9.17) is 0 Å². The van der Waals surface area contributed by atoms with Crippen LogP contribution in [0.15, 0.2) is 36.2 Å². The zero-order valence-corrected chi connectivity index (χ0v) is 11.3. The van der Waals surface area contributed by atoms with Gasteiger partial charge in [-0.15, -0.1) is 11.3 Å². The van der Waals surface area contributed by atoms with Gasteiger partial charge in [-0.1, -0.05) is 0 Å². The van der Waals surface area contributed by atoms with Crippen molar-refractivity contribution in [1.29, 1.82) is 0 Å². The van der Waals surface area contributed by atoms with Crippen molar-refractivity contribution in [2.45, 2.75) is 19.0 Å². The van der Waals surface area contributed by atoms with Crippen LogP contribution in [-0.2, 0) is 6.54 Å². The minimum atomic E-state index is 0.513. The van der Waals surface area contributed by atoms with E-state index >= 15 is 0 Å². The van der Waals surface area contributed by atoms with Crippen LogP contribution in [0.2, 0.25) is 0 Å². The van der Waals surface area contributed by atoms with Gasteiger partial charge in [0.1, 0.15) is 0 Å². The van der Waals surface area contributed by atoms with Crippen molar-refractivity contribution >= 4 is 16.3 Å². The van der Waals surface area contributed by atoms with Gasteiger partial charge in [0.25, 0.3) is 0 Å². The summed E-state index contributed by atoms with van der Waals surface area (Å²) in [5.74, 6) is 0. The van der Waals surface area contributed by atoms with Crippen molar-refractivity contribution < 1.29 is 0 Å². The standard InChI is InChI=1S/C13H15N5S/c1-3-14-18(4-1)12-2-5-16(10-12)8-11-9-17-6-7-19-13(17)15-11/h1,3-4,6-7,9,12H,2,5,8,10H2. The number of aromatic nitrogens is 4. The molecule has 3 aromatic heterocycles. The minimum Gasteiger partial charge on any atom is -0.297 e. The molecule has 1 aliphatic heterocycles. The molecule has 1 atom stereocenters. The number of hydrogen-bond acceptors (Lipinski definition) is 4. The third-order valence-corrected chi connectivity index (χ3v) is 4.45. The van der Waals surface area contributed by atoms with E-state index in [-0.39, 0.29) is 0 Å². The predicted molar refractivity (Wildman–Crippen MR) is 74.2 cm³/mol. The van der Waals surface area contributed by atoms with E-state index in [9.17, 15) is 0 Å². The molecule has 4 rings (SSSR count). The molecule has 3 aromatic rings. The normalized spacial score (nSPS) is 20.5. The van der Waals surface area contributed by atoms with Crippen LogP contribution in [0.5, 0.6) is 0 Å². The molecule has 0 spiro atoms. The van der Waals surface area contributed by atoms with Crippen molar-refractivity contribution in [2.24, 2.45) is 0 Å². The number of imidazole rings is 1. The van der Waals surface area contributed by atoms with Crippen LogP contribution in [0.3, 0.4) is 0 Å². The van der Waals surface area contributed by atoms with Crippen molar-refractivity contribution in [3.8, 4) is 0 Å². The Labute approximate surface area is 115 Å². The first-order chi connectivity index (χ1) is 9.38. The van der Waals surface area contributed by atoms with E-state index in [1.807, 2.05) is 12.3 Å². The topological polar surface area (TPSA) is 38.4 Å². The summed E-state index contributed by atoms with van der Waals surface area (Å²) in [5, 5.41) is 6.40. The summed E-state index contributed by atoms with van der Waals surface area (Å²) in [6.45, 7) is 3.12. The van der Waals surface area contributed by atoms with Crippen LogP contribution in [0, 0.1) is 0 Å². The summed E-state index contributed by atoms with van der Waals surface area (Å²) >= 11 is 1.68. The molecule has 0 N–H and O–H groups in total. The van der Waals surface area contributed by atoms with Crippen LogP contribution in [0.4, 0.5) is 0 Å². The molecule has 1 saturated heterocycles. The Balaban J connectivity index is 1.45. The van der Waals surface area contributed by atoms with Crippen molar-refractivity contribution in [3.05, 3.63) is 41.9 Å². The van der Waals surface area contributed by atoms with E-state index in [0.717, 1.165) is 30.3 Å². The Hall–Kier alpha value is -1.66. The maximum Gasteiger partial charge on any atom is 0.193 e. The van der Waals surface area contributed by atoms with Crippen molar-refractivity contribution in [1.82, 2.24) is 24.1 Å². The van der Waals surface area contributed by atoms with E-state index in [0.29, 0.717) is 6.04 Å². The molecular weight excluding hydrogens is 258 g/mol. The molecule has 0 amide bonds. The average Bonchev–Trinajstić information content (AvgIpc) is 3.12. The smallest absolute Gasteiger partial charge is 0.193 e. The van der Waals surface area contributed by atoms with Crippen LogP contribution >= 0.6 is 11.3 Å². The Morgan fingerprint density at radius 3 is 3.21 bits per heavy atom. The van der Waals surface area contributed by atoms with Crippen molar-refractivity contribution in [2.75, 3.05) is 13.1 Å². The first-order valence-corrected chi connectivity index (χ1v) is 7.39. The lowest BCUT2D eigenvalue weighted by molar-refractivity contribution is 0.308. The monoisotopic (exact) mass is 273 g/mol. The van der Waals surface area contributed by atoms with E-state index in [2.05, 4.69) is 48.0 Å². The van der Waals surface area contributed by atoms with Gasteiger partial charge in [0.05, 0.1) is 11.7 Å². The second kappa shape index (κ2) is 4.47. The number of nitrogens with zero attached hydrogens (tertiary/aromatic N) is 5. The fourth-order valence-corrected chi connectivity index (χ4v) is 3.47. The fourth-order valence-electron chi connectivity index (χ4n) is 2.75. The first kappa shape index (κ1) is 11.2. The van der Waals surface area contributed by atoms with Gasteiger partial charge in [-0.2, -0.15) is 5.10 Å². The molecular formula is C13H15N5S. The SMILES string of the molecule is c1cnn(C2CCN(Cc3cn4ccsc4n3)C2)c1. The summed E-state index contributed by atoms with van der Waals surface area (Å²) in [4.78, 5) is 8.18. The van der Waals surface area contributed by atoms with Gasteiger partial charge in [-0.3, -0.25) is 14.0 Å². The summed E-state index contributed by atoms with van der Waals surface area (Å²) in [5.41, 5.74) is 1.16. The van der Waals surface area contributed by atoms with Gasteiger partial charge in [-0.25, -0.2) is 4.98 Å². The summed E-state index contributed by atoms with van der Waals surface area (Å²) in [6.07, 6.45) is 9.27. The van der Waals surface area contributed by atoms with Crippen LogP contribution in [0.25, 0.3) is 4.96 Å². The molecule has 0 aromatic carbocycles. The van der Waals surface area contributed by atoms with Crippen LogP contribution in [0.1, 0.15) is 18.2 Å².